The summed E-state index contributed by atoms with van der Waals surface area (Å²) in [6, 6.07) is 5.89. The van der Waals surface area contributed by atoms with Gasteiger partial charge in [-0.3, -0.25) is 4.40 Å². The van der Waals surface area contributed by atoms with Crippen LogP contribution in [0.3, 0.4) is 0 Å². The van der Waals surface area contributed by atoms with Crippen molar-refractivity contribution in [3.8, 4) is 0 Å². The molecular weight excluding hydrogens is 427 g/mol. The first-order chi connectivity index (χ1) is 11.8. The summed E-state index contributed by atoms with van der Waals surface area (Å²) in [4.78, 5) is 4.66. The average molecular weight is 458 g/mol. The van der Waals surface area contributed by atoms with Gasteiger partial charge in [-0.15, -0.1) is 34.2 Å². The van der Waals surface area contributed by atoms with E-state index >= 15 is 0 Å². The maximum atomic E-state index is 4.66. The Morgan fingerprint density at radius 3 is 2.76 bits per heavy atom. The van der Waals surface area contributed by atoms with Crippen LogP contribution in [0.4, 0.5) is 0 Å². The smallest absolute Gasteiger partial charge is 0.191 e. The van der Waals surface area contributed by atoms with Crippen LogP contribution in [-0.2, 0) is 6.54 Å². The summed E-state index contributed by atoms with van der Waals surface area (Å²) < 4.78 is 1.98. The molecule has 0 fully saturated rings. The first-order valence-electron chi connectivity index (χ1n) is 9.09. The second kappa shape index (κ2) is 12.1. The molecule has 0 aromatic carbocycles. The Hall–Kier alpha value is -1.38. The number of nitrogens with one attached hydrogen (secondary N) is 2. The van der Waals surface area contributed by atoms with Crippen LogP contribution in [0.25, 0.3) is 5.65 Å². The lowest BCUT2D eigenvalue weighted by Crippen LogP contribution is -2.39. The molecule has 2 aromatic heterocycles. The fourth-order valence-electron chi connectivity index (χ4n) is 2.67. The molecule has 2 heterocycles. The Morgan fingerprint density at radius 2 is 2.04 bits per heavy atom. The van der Waals surface area contributed by atoms with Gasteiger partial charge in [0.1, 0.15) is 6.54 Å². The summed E-state index contributed by atoms with van der Waals surface area (Å²) >= 11 is 0. The van der Waals surface area contributed by atoms with Crippen molar-refractivity contribution >= 4 is 35.6 Å². The molecule has 0 aliphatic heterocycles. The molecule has 0 aliphatic carbocycles. The van der Waals surface area contributed by atoms with Gasteiger partial charge in [0.15, 0.2) is 17.4 Å². The predicted molar refractivity (Wildman–Crippen MR) is 115 cm³/mol. The molecule has 1 atom stereocenters. The molecule has 0 radical (unpaired) electrons. The Balaban J connectivity index is 0.00000312. The molecule has 2 aromatic rings. The van der Waals surface area contributed by atoms with Gasteiger partial charge in [-0.05, 0) is 31.4 Å². The number of unbranched alkanes of at least 4 members (excludes halogenated alkanes) is 1. The Bertz CT molecular complexity index is 639. The summed E-state index contributed by atoms with van der Waals surface area (Å²) in [5.41, 5.74) is 0.853. The lowest BCUT2D eigenvalue weighted by atomic mass is 9.99. The molecule has 0 saturated heterocycles. The van der Waals surface area contributed by atoms with Crippen molar-refractivity contribution in [2.45, 2.75) is 53.0 Å². The highest BCUT2D eigenvalue weighted by Gasteiger charge is 2.08. The third kappa shape index (κ3) is 6.80. The van der Waals surface area contributed by atoms with Crippen molar-refractivity contribution in [1.82, 2.24) is 25.2 Å². The zero-order valence-electron chi connectivity index (χ0n) is 15.5. The normalized spacial score (nSPS) is 12.7. The van der Waals surface area contributed by atoms with Crippen molar-refractivity contribution in [2.24, 2.45) is 10.9 Å². The number of halogens is 1. The zero-order valence-corrected chi connectivity index (χ0v) is 17.9. The van der Waals surface area contributed by atoms with Gasteiger partial charge in [-0.1, -0.05) is 39.2 Å². The van der Waals surface area contributed by atoms with Gasteiger partial charge in [0.2, 0.25) is 0 Å². The van der Waals surface area contributed by atoms with Crippen molar-refractivity contribution in [2.75, 3.05) is 13.1 Å². The minimum Gasteiger partial charge on any atom is -0.357 e. The molecule has 140 valence electrons. The highest BCUT2D eigenvalue weighted by atomic mass is 127. The van der Waals surface area contributed by atoms with Crippen molar-refractivity contribution in [3.63, 3.8) is 0 Å². The molecule has 7 heteroatoms. The summed E-state index contributed by atoms with van der Waals surface area (Å²) in [6.45, 7) is 8.90. The van der Waals surface area contributed by atoms with E-state index in [1.165, 1.54) is 25.7 Å². The van der Waals surface area contributed by atoms with E-state index in [0.29, 0.717) is 12.5 Å². The quantitative estimate of drug-likeness (QED) is 0.342. The van der Waals surface area contributed by atoms with Crippen molar-refractivity contribution in [3.05, 3.63) is 30.2 Å². The molecule has 0 amide bonds. The van der Waals surface area contributed by atoms with Crippen LogP contribution < -0.4 is 10.6 Å². The molecule has 2 rings (SSSR count). The second-order valence-electron chi connectivity index (χ2n) is 6.04. The zero-order chi connectivity index (χ0) is 17.2. The van der Waals surface area contributed by atoms with Crippen LogP contribution in [-0.4, -0.2) is 33.6 Å². The van der Waals surface area contributed by atoms with Gasteiger partial charge in [-0.25, -0.2) is 4.99 Å². The third-order valence-electron chi connectivity index (χ3n) is 4.21. The fraction of sp³-hybridized carbons (Fsp3) is 0.611. The van der Waals surface area contributed by atoms with Gasteiger partial charge in [0.25, 0.3) is 0 Å². The summed E-state index contributed by atoms with van der Waals surface area (Å²) in [5.74, 6) is 2.39. The number of fused-ring (bicyclic) bond motifs is 1. The van der Waals surface area contributed by atoms with Crippen LogP contribution in [0.5, 0.6) is 0 Å². The van der Waals surface area contributed by atoms with E-state index in [2.05, 4.69) is 46.6 Å². The first-order valence-corrected chi connectivity index (χ1v) is 9.09. The minimum atomic E-state index is 0. The van der Waals surface area contributed by atoms with Gasteiger partial charge in [-0.2, -0.15) is 0 Å². The highest BCUT2D eigenvalue weighted by Crippen LogP contribution is 2.11. The van der Waals surface area contributed by atoms with E-state index in [4.69, 9.17) is 0 Å². The van der Waals surface area contributed by atoms with Crippen LogP contribution in [0.2, 0.25) is 0 Å². The Kier molecular flexibility index (Phi) is 10.4. The third-order valence-corrected chi connectivity index (χ3v) is 4.21. The number of hydrogen-bond acceptors (Lipinski definition) is 3. The van der Waals surface area contributed by atoms with E-state index in [0.717, 1.165) is 30.5 Å². The molecule has 0 bridgehead atoms. The van der Waals surface area contributed by atoms with Gasteiger partial charge in [0, 0.05) is 19.3 Å². The second-order valence-corrected chi connectivity index (χ2v) is 6.04. The maximum Gasteiger partial charge on any atom is 0.191 e. The molecule has 0 saturated carbocycles. The SMILES string of the molecule is CCCCC(CC)CNC(=NCc1nnc2ccccn12)NCC.I. The number of aromatic nitrogens is 3. The van der Waals surface area contributed by atoms with Crippen LogP contribution >= 0.6 is 24.0 Å². The summed E-state index contributed by atoms with van der Waals surface area (Å²) in [6.07, 6.45) is 6.98. The molecule has 0 aliphatic rings. The average Bonchev–Trinajstić information content (AvgIpc) is 3.03. The van der Waals surface area contributed by atoms with E-state index in [1.807, 2.05) is 28.8 Å². The maximum absolute atomic E-state index is 4.66. The lowest BCUT2D eigenvalue weighted by Gasteiger charge is -2.17. The van der Waals surface area contributed by atoms with Gasteiger partial charge in [0.05, 0.1) is 0 Å². The Morgan fingerprint density at radius 1 is 1.20 bits per heavy atom. The van der Waals surface area contributed by atoms with Crippen molar-refractivity contribution < 1.29 is 0 Å². The topological polar surface area (TPSA) is 66.6 Å². The number of pyridine rings is 1. The fourth-order valence-corrected chi connectivity index (χ4v) is 2.67. The first kappa shape index (κ1) is 21.7. The molecular formula is C18H31IN6. The summed E-state index contributed by atoms with van der Waals surface area (Å²) in [7, 11) is 0. The van der Waals surface area contributed by atoms with Crippen molar-refractivity contribution in [1.29, 1.82) is 0 Å². The molecule has 1 unspecified atom stereocenters. The number of rotatable bonds is 9. The molecule has 25 heavy (non-hydrogen) atoms. The van der Waals surface area contributed by atoms with E-state index in [1.54, 1.807) is 0 Å². The predicted octanol–water partition coefficient (Wildman–Crippen LogP) is 3.62. The van der Waals surface area contributed by atoms with E-state index < -0.39 is 0 Å². The summed E-state index contributed by atoms with van der Waals surface area (Å²) in [5, 5.41) is 15.2. The van der Waals surface area contributed by atoms with E-state index in [9.17, 15) is 0 Å². The molecule has 2 N–H and O–H groups in total. The van der Waals surface area contributed by atoms with E-state index in [-0.39, 0.29) is 24.0 Å². The number of aliphatic imine (C=N–C) groups is 1. The van der Waals surface area contributed by atoms with Crippen LogP contribution in [0, 0.1) is 5.92 Å². The monoisotopic (exact) mass is 458 g/mol. The standard InChI is InChI=1S/C18H30N6.HI/c1-4-7-10-15(5-2)13-20-18(19-6-3)21-14-17-23-22-16-11-8-9-12-24(16)17;/h8-9,11-12,15H,4-7,10,13-14H2,1-3H3,(H2,19,20,21);1H. The van der Waals surface area contributed by atoms with Crippen LogP contribution in [0.1, 0.15) is 52.3 Å². The lowest BCUT2D eigenvalue weighted by molar-refractivity contribution is 0.443. The number of nitrogens with zero attached hydrogens (tertiary/aromatic N) is 4. The number of guanidine groups is 1. The largest absolute Gasteiger partial charge is 0.357 e. The van der Waals surface area contributed by atoms with Gasteiger partial charge < -0.3 is 10.6 Å². The van der Waals surface area contributed by atoms with Crippen LogP contribution in [0.15, 0.2) is 29.4 Å². The van der Waals surface area contributed by atoms with Gasteiger partial charge >= 0.3 is 0 Å². The minimum absolute atomic E-state index is 0. The molecule has 0 spiro atoms. The highest BCUT2D eigenvalue weighted by molar-refractivity contribution is 14.0. The Labute approximate surface area is 167 Å². The molecule has 6 nitrogen and oxygen atoms in total. The number of hydrogen-bond donors (Lipinski definition) is 2.